The largest absolute Gasteiger partial charge is 0.417 e. The van der Waals surface area contributed by atoms with Crippen molar-refractivity contribution in [2.75, 3.05) is 13.1 Å². The van der Waals surface area contributed by atoms with Gasteiger partial charge in [-0.05, 0) is 13.0 Å². The monoisotopic (exact) mass is 353 g/mol. The number of hydrogen-bond donors (Lipinski definition) is 1. The third-order valence-electron chi connectivity index (χ3n) is 2.89. The van der Waals surface area contributed by atoms with E-state index in [1.54, 1.807) is 0 Å². The SMILES string of the molecule is C[C@H](Sc1ncc(C(F)(F)F)cc1Cl)C(=O)N1CCNC1=O. The summed E-state index contributed by atoms with van der Waals surface area (Å²) in [5, 5.41) is 1.71. The van der Waals surface area contributed by atoms with Crippen LogP contribution in [0.3, 0.4) is 0 Å². The van der Waals surface area contributed by atoms with Crippen molar-refractivity contribution in [2.24, 2.45) is 0 Å². The number of nitrogens with one attached hydrogen (secondary N) is 1. The maximum absolute atomic E-state index is 12.5. The molecule has 5 nitrogen and oxygen atoms in total. The number of aromatic nitrogens is 1. The fraction of sp³-hybridized carbons (Fsp3) is 0.417. The van der Waals surface area contributed by atoms with E-state index in [4.69, 9.17) is 11.6 Å². The highest BCUT2D eigenvalue weighted by molar-refractivity contribution is 8.00. The van der Waals surface area contributed by atoms with E-state index < -0.39 is 28.9 Å². The molecule has 1 N–H and O–H groups in total. The summed E-state index contributed by atoms with van der Waals surface area (Å²) in [5.41, 5.74) is -0.959. The molecule has 2 rings (SSSR count). The van der Waals surface area contributed by atoms with Crippen molar-refractivity contribution < 1.29 is 22.8 Å². The van der Waals surface area contributed by atoms with Gasteiger partial charge in [0, 0.05) is 19.3 Å². The molecular weight excluding hydrogens is 343 g/mol. The van der Waals surface area contributed by atoms with Crippen molar-refractivity contribution in [3.63, 3.8) is 0 Å². The molecule has 1 atom stereocenters. The second-order valence-electron chi connectivity index (χ2n) is 4.49. The van der Waals surface area contributed by atoms with Crippen LogP contribution in [-0.2, 0) is 11.0 Å². The molecule has 1 aliphatic rings. The summed E-state index contributed by atoms with van der Waals surface area (Å²) < 4.78 is 37.6. The van der Waals surface area contributed by atoms with E-state index in [0.717, 1.165) is 22.7 Å². The summed E-state index contributed by atoms with van der Waals surface area (Å²) in [6, 6.07) is 0.278. The molecule has 0 spiro atoms. The molecule has 2 heterocycles. The second kappa shape index (κ2) is 6.33. The van der Waals surface area contributed by atoms with Gasteiger partial charge in [0.15, 0.2) is 0 Å². The second-order valence-corrected chi connectivity index (χ2v) is 6.23. The van der Waals surface area contributed by atoms with Crippen molar-refractivity contribution in [3.8, 4) is 0 Å². The molecule has 1 saturated heterocycles. The van der Waals surface area contributed by atoms with Crippen LogP contribution in [0.1, 0.15) is 12.5 Å². The van der Waals surface area contributed by atoms with E-state index >= 15 is 0 Å². The van der Waals surface area contributed by atoms with Crippen LogP contribution in [0.15, 0.2) is 17.3 Å². The topological polar surface area (TPSA) is 62.3 Å². The summed E-state index contributed by atoms with van der Waals surface area (Å²) >= 11 is 6.69. The lowest BCUT2D eigenvalue weighted by atomic mass is 10.3. The minimum absolute atomic E-state index is 0.107. The summed E-state index contributed by atoms with van der Waals surface area (Å²) in [6.07, 6.45) is -3.87. The average molecular weight is 354 g/mol. The van der Waals surface area contributed by atoms with Gasteiger partial charge < -0.3 is 5.32 Å². The Hall–Kier alpha value is -1.48. The molecule has 120 valence electrons. The van der Waals surface area contributed by atoms with Gasteiger partial charge in [-0.1, -0.05) is 23.4 Å². The molecule has 1 aromatic rings. The van der Waals surface area contributed by atoms with E-state index in [1.165, 1.54) is 6.92 Å². The number of urea groups is 1. The van der Waals surface area contributed by atoms with Crippen LogP contribution in [0, 0.1) is 0 Å². The number of carbonyl (C=O) groups is 2. The molecule has 10 heteroatoms. The standard InChI is InChI=1S/C12H11ClF3N3O2S/c1-6(10(20)19-3-2-17-11(19)21)22-9-8(13)4-7(5-18-9)12(14,15)16/h4-6H,2-3H2,1H3,(H,17,21)/t6-/m0/s1. The van der Waals surface area contributed by atoms with Crippen LogP contribution in [-0.4, -0.2) is 40.2 Å². The Morgan fingerprint density at radius 1 is 1.55 bits per heavy atom. The van der Waals surface area contributed by atoms with Gasteiger partial charge in [0.25, 0.3) is 0 Å². The Morgan fingerprint density at radius 3 is 2.73 bits per heavy atom. The van der Waals surface area contributed by atoms with Gasteiger partial charge in [0.2, 0.25) is 5.91 Å². The highest BCUT2D eigenvalue weighted by Gasteiger charge is 2.33. The quantitative estimate of drug-likeness (QED) is 0.849. The van der Waals surface area contributed by atoms with E-state index in [0.29, 0.717) is 12.7 Å². The van der Waals surface area contributed by atoms with Gasteiger partial charge in [0.1, 0.15) is 5.03 Å². The van der Waals surface area contributed by atoms with Gasteiger partial charge in [-0.25, -0.2) is 9.78 Å². The highest BCUT2D eigenvalue weighted by Crippen LogP contribution is 2.35. The minimum Gasteiger partial charge on any atom is -0.336 e. The van der Waals surface area contributed by atoms with Crippen molar-refractivity contribution in [1.29, 1.82) is 0 Å². The first kappa shape index (κ1) is 16.9. The van der Waals surface area contributed by atoms with Crippen LogP contribution < -0.4 is 5.32 Å². The van der Waals surface area contributed by atoms with Gasteiger partial charge >= 0.3 is 12.2 Å². The van der Waals surface area contributed by atoms with Gasteiger partial charge in [0.05, 0.1) is 15.8 Å². The van der Waals surface area contributed by atoms with Gasteiger partial charge in [-0.15, -0.1) is 0 Å². The number of carbonyl (C=O) groups excluding carboxylic acids is 2. The molecule has 0 bridgehead atoms. The van der Waals surface area contributed by atoms with Crippen molar-refractivity contribution in [3.05, 3.63) is 22.8 Å². The Morgan fingerprint density at radius 2 is 2.23 bits per heavy atom. The lowest BCUT2D eigenvalue weighted by Crippen LogP contribution is -2.38. The molecule has 22 heavy (non-hydrogen) atoms. The van der Waals surface area contributed by atoms with E-state index in [1.807, 2.05) is 0 Å². The number of halogens is 4. The smallest absolute Gasteiger partial charge is 0.336 e. The number of imide groups is 1. The summed E-state index contributed by atoms with van der Waals surface area (Å²) in [6.45, 7) is 2.17. The third kappa shape index (κ3) is 3.64. The van der Waals surface area contributed by atoms with Gasteiger partial charge in [-0.3, -0.25) is 9.69 Å². The van der Waals surface area contributed by atoms with E-state index in [2.05, 4.69) is 10.3 Å². The number of rotatable bonds is 3. The molecule has 0 aliphatic carbocycles. The molecule has 0 radical (unpaired) electrons. The van der Waals surface area contributed by atoms with Crippen molar-refractivity contribution in [1.82, 2.24) is 15.2 Å². The highest BCUT2D eigenvalue weighted by atomic mass is 35.5. The number of thioether (sulfide) groups is 1. The molecule has 1 aromatic heterocycles. The number of alkyl halides is 3. The first-order valence-electron chi connectivity index (χ1n) is 6.18. The average Bonchev–Trinajstić information content (AvgIpc) is 2.85. The minimum atomic E-state index is -4.53. The predicted molar refractivity (Wildman–Crippen MR) is 74.7 cm³/mol. The molecule has 1 fully saturated rings. The number of pyridine rings is 1. The van der Waals surface area contributed by atoms with E-state index in [-0.39, 0.29) is 16.6 Å². The Balaban J connectivity index is 2.10. The third-order valence-corrected chi connectivity index (χ3v) is 4.40. The summed E-state index contributed by atoms with van der Waals surface area (Å²) in [5.74, 6) is -0.447. The summed E-state index contributed by atoms with van der Waals surface area (Å²) in [7, 11) is 0. The van der Waals surface area contributed by atoms with Crippen molar-refractivity contribution >= 4 is 35.3 Å². The van der Waals surface area contributed by atoms with E-state index in [9.17, 15) is 22.8 Å². The molecule has 0 saturated carbocycles. The summed E-state index contributed by atoms with van der Waals surface area (Å²) in [4.78, 5) is 28.2. The number of amides is 3. The van der Waals surface area contributed by atoms with Crippen molar-refractivity contribution in [2.45, 2.75) is 23.4 Å². The number of nitrogens with zero attached hydrogens (tertiary/aromatic N) is 2. The molecule has 3 amide bonds. The predicted octanol–water partition coefficient (Wildman–Crippen LogP) is 2.79. The lowest BCUT2D eigenvalue weighted by molar-refractivity contribution is -0.138. The van der Waals surface area contributed by atoms with Crippen LogP contribution >= 0.6 is 23.4 Å². The zero-order valence-corrected chi connectivity index (χ0v) is 12.8. The van der Waals surface area contributed by atoms with Crippen LogP contribution in [0.5, 0.6) is 0 Å². The fourth-order valence-corrected chi connectivity index (χ4v) is 2.93. The Bertz CT molecular complexity index is 612. The normalized spacial score (nSPS) is 16.6. The first-order chi connectivity index (χ1) is 10.2. The molecule has 0 unspecified atom stereocenters. The van der Waals surface area contributed by atoms with Crippen LogP contribution in [0.2, 0.25) is 5.02 Å². The molecule has 1 aliphatic heterocycles. The molecular formula is C12H11ClF3N3O2S. The van der Waals surface area contributed by atoms with Crippen LogP contribution in [0.4, 0.5) is 18.0 Å². The zero-order chi connectivity index (χ0) is 16.5. The maximum atomic E-state index is 12.5. The molecule has 0 aromatic carbocycles. The Labute approximate surface area is 133 Å². The lowest BCUT2D eigenvalue weighted by Gasteiger charge is -2.17. The number of hydrogen-bond acceptors (Lipinski definition) is 4. The first-order valence-corrected chi connectivity index (χ1v) is 7.44. The zero-order valence-electron chi connectivity index (χ0n) is 11.3. The Kier molecular flexibility index (Phi) is 4.86. The van der Waals surface area contributed by atoms with Crippen LogP contribution in [0.25, 0.3) is 0 Å². The van der Waals surface area contributed by atoms with Gasteiger partial charge in [-0.2, -0.15) is 13.2 Å². The maximum Gasteiger partial charge on any atom is 0.417 e. The fourth-order valence-electron chi connectivity index (χ4n) is 1.79.